The van der Waals surface area contributed by atoms with Crippen LogP contribution in [0.15, 0.2) is 18.2 Å². The number of aromatic nitrogens is 1. The second-order valence-corrected chi connectivity index (χ2v) is 5.15. The normalized spacial score (nSPS) is 20.5. The third kappa shape index (κ3) is 2.25. The van der Waals surface area contributed by atoms with Crippen molar-refractivity contribution in [3.8, 4) is 0 Å². The van der Waals surface area contributed by atoms with Crippen LogP contribution in [0.4, 0.5) is 0 Å². The van der Waals surface area contributed by atoms with Crippen molar-refractivity contribution in [3.63, 3.8) is 0 Å². The Balaban J connectivity index is 1.93. The monoisotopic (exact) mass is 210 g/mol. The second-order valence-electron chi connectivity index (χ2n) is 4.76. The molecule has 0 bridgehead atoms. The molecule has 3 heteroatoms. The van der Waals surface area contributed by atoms with Crippen LogP contribution in [0, 0.1) is 5.41 Å². The molecule has 2 rings (SSSR count). The summed E-state index contributed by atoms with van der Waals surface area (Å²) in [6.45, 7) is 7.80. The number of halogens is 1. The van der Waals surface area contributed by atoms with E-state index in [2.05, 4.69) is 23.7 Å². The molecule has 1 aromatic rings. The van der Waals surface area contributed by atoms with Crippen molar-refractivity contribution < 1.29 is 0 Å². The smallest absolute Gasteiger partial charge is 0.129 e. The first-order chi connectivity index (χ1) is 6.55. The Morgan fingerprint density at radius 2 is 2.14 bits per heavy atom. The van der Waals surface area contributed by atoms with E-state index < -0.39 is 0 Å². The van der Waals surface area contributed by atoms with E-state index in [0.29, 0.717) is 10.6 Å². The molecule has 2 heterocycles. The fourth-order valence-electron chi connectivity index (χ4n) is 2.04. The summed E-state index contributed by atoms with van der Waals surface area (Å²) in [4.78, 5) is 6.65. The largest absolute Gasteiger partial charge is 0.296 e. The van der Waals surface area contributed by atoms with Gasteiger partial charge >= 0.3 is 0 Å². The topological polar surface area (TPSA) is 16.1 Å². The van der Waals surface area contributed by atoms with Crippen LogP contribution >= 0.6 is 11.6 Å². The van der Waals surface area contributed by atoms with Gasteiger partial charge in [-0.05, 0) is 17.5 Å². The molecule has 0 aromatic carbocycles. The molecule has 1 saturated heterocycles. The third-order valence-electron chi connectivity index (χ3n) is 2.46. The van der Waals surface area contributed by atoms with E-state index >= 15 is 0 Å². The van der Waals surface area contributed by atoms with Gasteiger partial charge in [-0.1, -0.05) is 31.5 Å². The summed E-state index contributed by atoms with van der Waals surface area (Å²) in [5, 5.41) is 0.585. The third-order valence-corrected chi connectivity index (χ3v) is 2.67. The van der Waals surface area contributed by atoms with Crippen LogP contribution < -0.4 is 0 Å². The number of likely N-dealkylation sites (tertiary alicyclic amines) is 1. The fourth-order valence-corrected chi connectivity index (χ4v) is 2.22. The standard InChI is InChI=1S/C11H15ClN2/c1-11(2)7-14(8-11)6-9-4-3-5-10(12)13-9/h3-5H,6-8H2,1-2H3. The number of nitrogens with zero attached hydrogens (tertiary/aromatic N) is 2. The van der Waals surface area contributed by atoms with Gasteiger partial charge < -0.3 is 0 Å². The van der Waals surface area contributed by atoms with Gasteiger partial charge in [0.25, 0.3) is 0 Å². The average Bonchev–Trinajstić information content (AvgIpc) is 2.00. The molecular formula is C11H15ClN2. The van der Waals surface area contributed by atoms with Crippen molar-refractivity contribution in [2.24, 2.45) is 5.41 Å². The highest BCUT2D eigenvalue weighted by Gasteiger charge is 2.33. The Labute approximate surface area is 89.9 Å². The first-order valence-electron chi connectivity index (χ1n) is 4.89. The first kappa shape index (κ1) is 9.94. The van der Waals surface area contributed by atoms with Gasteiger partial charge in [-0.25, -0.2) is 4.98 Å². The second kappa shape index (κ2) is 3.52. The highest BCUT2D eigenvalue weighted by Crippen LogP contribution is 2.29. The zero-order valence-electron chi connectivity index (χ0n) is 8.63. The number of hydrogen-bond donors (Lipinski definition) is 0. The molecule has 0 aliphatic carbocycles. The molecule has 0 N–H and O–H groups in total. The molecule has 76 valence electrons. The highest BCUT2D eigenvalue weighted by atomic mass is 35.5. The quantitative estimate of drug-likeness (QED) is 0.698. The molecular weight excluding hydrogens is 196 g/mol. The molecule has 1 fully saturated rings. The molecule has 0 amide bonds. The first-order valence-corrected chi connectivity index (χ1v) is 5.27. The summed E-state index contributed by atoms with van der Waals surface area (Å²) in [6, 6.07) is 5.79. The highest BCUT2D eigenvalue weighted by molar-refractivity contribution is 6.29. The Bertz CT molecular complexity index is 328. The van der Waals surface area contributed by atoms with Crippen LogP contribution in [-0.4, -0.2) is 23.0 Å². The van der Waals surface area contributed by atoms with Crippen molar-refractivity contribution in [2.75, 3.05) is 13.1 Å². The van der Waals surface area contributed by atoms with E-state index in [4.69, 9.17) is 11.6 Å². The molecule has 14 heavy (non-hydrogen) atoms. The molecule has 1 aliphatic heterocycles. The predicted octanol–water partition coefficient (Wildman–Crippen LogP) is 2.58. The fraction of sp³-hybridized carbons (Fsp3) is 0.545. The van der Waals surface area contributed by atoms with Gasteiger partial charge in [-0.2, -0.15) is 0 Å². The molecule has 1 aliphatic rings. The van der Waals surface area contributed by atoms with E-state index in [1.807, 2.05) is 18.2 Å². The van der Waals surface area contributed by atoms with E-state index in [9.17, 15) is 0 Å². The molecule has 0 saturated carbocycles. The van der Waals surface area contributed by atoms with Crippen LogP contribution in [0.1, 0.15) is 19.5 Å². The molecule has 2 nitrogen and oxygen atoms in total. The number of pyridine rings is 1. The van der Waals surface area contributed by atoms with Gasteiger partial charge in [-0.3, -0.25) is 4.90 Å². The minimum Gasteiger partial charge on any atom is -0.296 e. The van der Waals surface area contributed by atoms with Crippen LogP contribution in [0.3, 0.4) is 0 Å². The van der Waals surface area contributed by atoms with Crippen molar-refractivity contribution in [2.45, 2.75) is 20.4 Å². The van der Waals surface area contributed by atoms with E-state index in [1.165, 1.54) is 0 Å². The van der Waals surface area contributed by atoms with Crippen molar-refractivity contribution in [1.29, 1.82) is 0 Å². The molecule has 0 spiro atoms. The Morgan fingerprint density at radius 3 is 2.71 bits per heavy atom. The zero-order valence-corrected chi connectivity index (χ0v) is 9.38. The van der Waals surface area contributed by atoms with Crippen LogP contribution in [0.5, 0.6) is 0 Å². The van der Waals surface area contributed by atoms with Gasteiger partial charge in [0, 0.05) is 19.6 Å². The molecule has 0 atom stereocenters. The Hall–Kier alpha value is -0.600. The Kier molecular flexibility index (Phi) is 2.50. The maximum Gasteiger partial charge on any atom is 0.129 e. The van der Waals surface area contributed by atoms with Crippen molar-refractivity contribution >= 4 is 11.6 Å². The molecule has 0 unspecified atom stereocenters. The summed E-state index contributed by atoms with van der Waals surface area (Å²) in [6.07, 6.45) is 0. The average molecular weight is 211 g/mol. The van der Waals surface area contributed by atoms with E-state index in [1.54, 1.807) is 0 Å². The van der Waals surface area contributed by atoms with Crippen LogP contribution in [0.25, 0.3) is 0 Å². The number of hydrogen-bond acceptors (Lipinski definition) is 2. The summed E-state index contributed by atoms with van der Waals surface area (Å²) >= 11 is 5.82. The van der Waals surface area contributed by atoms with Gasteiger partial charge in [0.1, 0.15) is 5.15 Å². The summed E-state index contributed by atoms with van der Waals surface area (Å²) < 4.78 is 0. The van der Waals surface area contributed by atoms with Gasteiger partial charge in [-0.15, -0.1) is 0 Å². The Morgan fingerprint density at radius 1 is 1.43 bits per heavy atom. The van der Waals surface area contributed by atoms with Crippen LogP contribution in [0.2, 0.25) is 5.15 Å². The minimum atomic E-state index is 0.485. The summed E-state index contributed by atoms with van der Waals surface area (Å²) in [5.74, 6) is 0. The van der Waals surface area contributed by atoms with Crippen LogP contribution in [-0.2, 0) is 6.54 Å². The van der Waals surface area contributed by atoms with E-state index in [0.717, 1.165) is 25.3 Å². The maximum absolute atomic E-state index is 5.82. The molecule has 0 radical (unpaired) electrons. The molecule has 1 aromatic heterocycles. The lowest BCUT2D eigenvalue weighted by molar-refractivity contribution is 0.0232. The van der Waals surface area contributed by atoms with Crippen molar-refractivity contribution in [3.05, 3.63) is 29.0 Å². The van der Waals surface area contributed by atoms with Gasteiger partial charge in [0.2, 0.25) is 0 Å². The van der Waals surface area contributed by atoms with Crippen molar-refractivity contribution in [1.82, 2.24) is 9.88 Å². The van der Waals surface area contributed by atoms with Gasteiger partial charge in [0.15, 0.2) is 0 Å². The minimum absolute atomic E-state index is 0.485. The maximum atomic E-state index is 5.82. The van der Waals surface area contributed by atoms with Gasteiger partial charge in [0.05, 0.1) is 5.69 Å². The lowest BCUT2D eigenvalue weighted by atomic mass is 9.84. The lowest BCUT2D eigenvalue weighted by Crippen LogP contribution is -2.52. The predicted molar refractivity (Wildman–Crippen MR) is 58.3 cm³/mol. The van der Waals surface area contributed by atoms with E-state index in [-0.39, 0.29) is 0 Å². The number of rotatable bonds is 2. The summed E-state index contributed by atoms with van der Waals surface area (Å²) in [5.41, 5.74) is 1.55. The zero-order chi connectivity index (χ0) is 10.2. The SMILES string of the molecule is CC1(C)CN(Cc2cccc(Cl)n2)C1. The summed E-state index contributed by atoms with van der Waals surface area (Å²) in [7, 11) is 0. The lowest BCUT2D eigenvalue weighted by Gasteiger charge is -2.45.